The lowest BCUT2D eigenvalue weighted by Gasteiger charge is -2.11. The molecule has 142 valence electrons. The lowest BCUT2D eigenvalue weighted by molar-refractivity contribution is -0.119. The molecule has 5 nitrogen and oxygen atoms in total. The zero-order valence-corrected chi connectivity index (χ0v) is 15.7. The molecule has 1 N–H and O–H groups in total. The molecule has 3 rings (SSSR count). The van der Waals surface area contributed by atoms with Crippen molar-refractivity contribution in [2.45, 2.75) is 6.61 Å². The number of carbonyl (C=O) groups is 2. The molecule has 0 saturated carbocycles. The molecule has 0 aliphatic rings. The van der Waals surface area contributed by atoms with Crippen LogP contribution in [0.1, 0.15) is 15.9 Å². The van der Waals surface area contributed by atoms with Crippen LogP contribution in [0.25, 0.3) is 0 Å². The average Bonchev–Trinajstić information content (AvgIpc) is 2.71. The number of benzene rings is 3. The maximum atomic E-state index is 12.4. The van der Waals surface area contributed by atoms with Crippen LogP contribution >= 0.6 is 11.6 Å². The molecule has 0 fully saturated rings. The molecule has 28 heavy (non-hydrogen) atoms. The number of halogens is 1. The molecular formula is C22H18ClNO4. The quantitative estimate of drug-likeness (QED) is 0.588. The highest BCUT2D eigenvalue weighted by molar-refractivity contribution is 6.30. The van der Waals surface area contributed by atoms with Crippen molar-refractivity contribution in [2.75, 3.05) is 11.9 Å². The van der Waals surface area contributed by atoms with E-state index in [-0.39, 0.29) is 6.61 Å². The van der Waals surface area contributed by atoms with Crippen molar-refractivity contribution in [3.05, 3.63) is 95.0 Å². The fourth-order valence-electron chi connectivity index (χ4n) is 2.50. The molecule has 0 saturated heterocycles. The van der Waals surface area contributed by atoms with Crippen molar-refractivity contribution in [3.8, 4) is 5.75 Å². The standard InChI is InChI=1S/C22H18ClNO4/c23-17-8-6-9-18(13-17)24-21(25)15-28-22(26)20-12-5-4-7-16(20)14-27-19-10-2-1-3-11-19/h1-13H,14-15H2,(H,24,25). The fourth-order valence-corrected chi connectivity index (χ4v) is 2.69. The zero-order chi connectivity index (χ0) is 19.8. The van der Waals surface area contributed by atoms with Gasteiger partial charge in [0.1, 0.15) is 12.4 Å². The molecule has 1 amide bonds. The number of hydrogen-bond acceptors (Lipinski definition) is 4. The van der Waals surface area contributed by atoms with Gasteiger partial charge in [0.05, 0.1) is 5.56 Å². The average molecular weight is 396 g/mol. The van der Waals surface area contributed by atoms with Gasteiger partial charge in [-0.25, -0.2) is 4.79 Å². The Morgan fingerprint density at radius 3 is 2.43 bits per heavy atom. The lowest BCUT2D eigenvalue weighted by Crippen LogP contribution is -2.21. The third kappa shape index (κ3) is 5.59. The summed E-state index contributed by atoms with van der Waals surface area (Å²) in [6.07, 6.45) is 0. The summed E-state index contributed by atoms with van der Waals surface area (Å²) in [4.78, 5) is 24.4. The molecule has 0 aliphatic heterocycles. The van der Waals surface area contributed by atoms with Crippen LogP contribution in [0.2, 0.25) is 5.02 Å². The van der Waals surface area contributed by atoms with Gasteiger partial charge in [-0.2, -0.15) is 0 Å². The monoisotopic (exact) mass is 395 g/mol. The van der Waals surface area contributed by atoms with Gasteiger partial charge in [0.2, 0.25) is 0 Å². The van der Waals surface area contributed by atoms with E-state index >= 15 is 0 Å². The number of carbonyl (C=O) groups excluding carboxylic acids is 2. The van der Waals surface area contributed by atoms with Crippen LogP contribution in [0, 0.1) is 0 Å². The molecule has 0 atom stereocenters. The van der Waals surface area contributed by atoms with Crippen LogP contribution in [0.3, 0.4) is 0 Å². The highest BCUT2D eigenvalue weighted by Crippen LogP contribution is 2.16. The van der Waals surface area contributed by atoms with Crippen LogP contribution in [-0.2, 0) is 16.1 Å². The minimum absolute atomic E-state index is 0.212. The van der Waals surface area contributed by atoms with E-state index in [0.717, 1.165) is 0 Å². The van der Waals surface area contributed by atoms with Gasteiger partial charge in [0.25, 0.3) is 5.91 Å². The molecular weight excluding hydrogens is 378 g/mol. The summed E-state index contributed by atoms with van der Waals surface area (Å²) < 4.78 is 10.8. The summed E-state index contributed by atoms with van der Waals surface area (Å²) in [5.74, 6) is -0.339. The molecule has 6 heteroatoms. The summed E-state index contributed by atoms with van der Waals surface area (Å²) in [5.41, 5.74) is 1.56. The summed E-state index contributed by atoms with van der Waals surface area (Å²) in [5, 5.41) is 3.13. The first-order valence-corrected chi connectivity index (χ1v) is 8.98. The molecule has 0 bridgehead atoms. The number of para-hydroxylation sites is 1. The zero-order valence-electron chi connectivity index (χ0n) is 14.9. The normalized spacial score (nSPS) is 10.2. The van der Waals surface area contributed by atoms with Crippen molar-refractivity contribution in [1.29, 1.82) is 0 Å². The Morgan fingerprint density at radius 1 is 0.893 bits per heavy atom. The molecule has 0 radical (unpaired) electrons. The second kappa shape index (κ2) is 9.58. The van der Waals surface area contributed by atoms with E-state index in [1.54, 1.807) is 42.5 Å². The first kappa shape index (κ1) is 19.5. The Morgan fingerprint density at radius 2 is 1.64 bits per heavy atom. The maximum Gasteiger partial charge on any atom is 0.339 e. The van der Waals surface area contributed by atoms with Crippen LogP contribution in [-0.4, -0.2) is 18.5 Å². The predicted molar refractivity (Wildman–Crippen MR) is 108 cm³/mol. The highest BCUT2D eigenvalue weighted by atomic mass is 35.5. The SMILES string of the molecule is O=C(COC(=O)c1ccccc1COc1ccccc1)Nc1cccc(Cl)c1. The minimum Gasteiger partial charge on any atom is -0.489 e. The molecule has 0 aromatic heterocycles. The van der Waals surface area contributed by atoms with Gasteiger partial charge in [0, 0.05) is 16.3 Å². The van der Waals surface area contributed by atoms with E-state index in [0.29, 0.717) is 27.6 Å². The molecule has 0 aliphatic carbocycles. The number of amides is 1. The number of rotatable bonds is 7. The van der Waals surface area contributed by atoms with Gasteiger partial charge < -0.3 is 14.8 Å². The van der Waals surface area contributed by atoms with Gasteiger partial charge >= 0.3 is 5.97 Å². The van der Waals surface area contributed by atoms with E-state index in [9.17, 15) is 9.59 Å². The summed E-state index contributed by atoms with van der Waals surface area (Å²) in [7, 11) is 0. The van der Waals surface area contributed by atoms with Crippen LogP contribution in [0.4, 0.5) is 5.69 Å². The van der Waals surface area contributed by atoms with Gasteiger partial charge in [-0.1, -0.05) is 54.1 Å². The third-order valence-corrected chi connectivity index (χ3v) is 4.05. The van der Waals surface area contributed by atoms with Crippen LogP contribution in [0.15, 0.2) is 78.9 Å². The number of anilines is 1. The van der Waals surface area contributed by atoms with E-state index in [4.69, 9.17) is 21.1 Å². The minimum atomic E-state index is -0.589. The van der Waals surface area contributed by atoms with E-state index in [1.807, 2.05) is 36.4 Å². The Kier molecular flexibility index (Phi) is 6.65. The van der Waals surface area contributed by atoms with E-state index in [2.05, 4.69) is 5.32 Å². The number of hydrogen-bond donors (Lipinski definition) is 1. The topological polar surface area (TPSA) is 64.6 Å². The second-order valence-corrected chi connectivity index (χ2v) is 6.33. The fraction of sp³-hybridized carbons (Fsp3) is 0.0909. The van der Waals surface area contributed by atoms with Gasteiger partial charge in [-0.15, -0.1) is 0 Å². The van der Waals surface area contributed by atoms with Crippen LogP contribution in [0.5, 0.6) is 5.75 Å². The molecule has 0 spiro atoms. The number of ether oxygens (including phenoxy) is 2. The third-order valence-electron chi connectivity index (χ3n) is 3.82. The van der Waals surface area contributed by atoms with E-state index < -0.39 is 18.5 Å². The Labute approximate surface area is 167 Å². The van der Waals surface area contributed by atoms with Gasteiger partial charge in [-0.3, -0.25) is 4.79 Å². The molecule has 0 heterocycles. The Hall–Kier alpha value is -3.31. The van der Waals surface area contributed by atoms with Gasteiger partial charge in [-0.05, 0) is 36.4 Å². The van der Waals surface area contributed by atoms with Gasteiger partial charge in [0.15, 0.2) is 6.61 Å². The highest BCUT2D eigenvalue weighted by Gasteiger charge is 2.15. The summed E-state index contributed by atoms with van der Waals surface area (Å²) >= 11 is 5.88. The van der Waals surface area contributed by atoms with Crippen molar-refractivity contribution in [3.63, 3.8) is 0 Å². The smallest absolute Gasteiger partial charge is 0.339 e. The van der Waals surface area contributed by atoms with Crippen LogP contribution < -0.4 is 10.1 Å². The van der Waals surface area contributed by atoms with E-state index in [1.165, 1.54) is 0 Å². The predicted octanol–water partition coefficient (Wildman–Crippen LogP) is 4.71. The first-order chi connectivity index (χ1) is 13.6. The summed E-state index contributed by atoms with van der Waals surface area (Å²) in [6.45, 7) is -0.191. The lowest BCUT2D eigenvalue weighted by atomic mass is 10.1. The molecule has 3 aromatic rings. The number of nitrogens with one attached hydrogen (secondary N) is 1. The molecule has 0 unspecified atom stereocenters. The first-order valence-electron chi connectivity index (χ1n) is 8.60. The van der Waals surface area contributed by atoms with Crippen molar-refractivity contribution in [1.82, 2.24) is 0 Å². The van der Waals surface area contributed by atoms with Crippen molar-refractivity contribution in [2.24, 2.45) is 0 Å². The number of esters is 1. The Bertz CT molecular complexity index is 960. The van der Waals surface area contributed by atoms with Crippen molar-refractivity contribution >= 4 is 29.2 Å². The Balaban J connectivity index is 1.57. The largest absolute Gasteiger partial charge is 0.489 e. The molecule has 3 aromatic carbocycles. The second-order valence-electron chi connectivity index (χ2n) is 5.89. The maximum absolute atomic E-state index is 12.4. The summed E-state index contributed by atoms with van der Waals surface area (Å²) in [6, 6.07) is 23.0. The van der Waals surface area contributed by atoms with Crippen molar-refractivity contribution < 1.29 is 19.1 Å².